The molecule has 1 unspecified atom stereocenters. The molecule has 7 nitrogen and oxygen atoms in total. The van der Waals surface area contributed by atoms with E-state index in [1.807, 2.05) is 24.0 Å². The number of anilines is 1. The van der Waals surface area contributed by atoms with Gasteiger partial charge in [0.2, 0.25) is 0 Å². The number of hydrogen-bond acceptors (Lipinski definition) is 5. The lowest BCUT2D eigenvalue weighted by atomic mass is 10.1. The van der Waals surface area contributed by atoms with Gasteiger partial charge in [-0.05, 0) is 61.5 Å². The number of halogens is 3. The summed E-state index contributed by atoms with van der Waals surface area (Å²) < 4.78 is 50.9. The highest BCUT2D eigenvalue weighted by Crippen LogP contribution is 2.42. The zero-order chi connectivity index (χ0) is 26.2. The standard InChI is InChI=1S/C27H25F3N4O3/c1-17-16-33(13-14-34(17)26(35)31-19-8-10-20(36-2)11-9-19)25-21-5-3-4-6-23(21)37-24-15-18(27(28,29)30)7-12-22(24)32-25/h3-12,15,17H,13-14,16H2,1-2H3,(H,31,35). The summed E-state index contributed by atoms with van der Waals surface area (Å²) >= 11 is 0. The van der Waals surface area contributed by atoms with Crippen molar-refractivity contribution in [3.05, 3.63) is 77.9 Å². The summed E-state index contributed by atoms with van der Waals surface area (Å²) in [6, 6.07) is 17.2. The molecule has 0 aromatic heterocycles. The molecule has 1 fully saturated rings. The third-order valence-electron chi connectivity index (χ3n) is 6.39. The van der Waals surface area contributed by atoms with Crippen molar-refractivity contribution in [3.63, 3.8) is 0 Å². The van der Waals surface area contributed by atoms with Crippen LogP contribution in [0.1, 0.15) is 18.1 Å². The number of ether oxygens (including phenoxy) is 2. The van der Waals surface area contributed by atoms with Gasteiger partial charge in [0, 0.05) is 31.4 Å². The second-order valence-electron chi connectivity index (χ2n) is 8.86. The minimum absolute atomic E-state index is 0.0443. The Kier molecular flexibility index (Phi) is 6.41. The number of carbonyl (C=O) groups is 1. The van der Waals surface area contributed by atoms with Crippen LogP contribution in [0.4, 0.5) is 29.3 Å². The van der Waals surface area contributed by atoms with E-state index >= 15 is 0 Å². The molecule has 0 bridgehead atoms. The molecule has 0 spiro atoms. The first kappa shape index (κ1) is 24.5. The third kappa shape index (κ3) is 5.04. The number of carbonyl (C=O) groups excluding carboxylic acids is 1. The van der Waals surface area contributed by atoms with Gasteiger partial charge in [0.05, 0.1) is 18.2 Å². The van der Waals surface area contributed by atoms with Crippen LogP contribution in [-0.2, 0) is 6.18 Å². The maximum atomic E-state index is 13.3. The molecule has 1 N–H and O–H groups in total. The lowest BCUT2D eigenvalue weighted by Crippen LogP contribution is -2.56. The number of nitrogens with one attached hydrogen (secondary N) is 1. The molecule has 2 amide bonds. The zero-order valence-corrected chi connectivity index (χ0v) is 20.2. The van der Waals surface area contributed by atoms with E-state index in [1.165, 1.54) is 6.07 Å². The van der Waals surface area contributed by atoms with Gasteiger partial charge in [-0.25, -0.2) is 9.79 Å². The molecule has 10 heteroatoms. The Morgan fingerprint density at radius 2 is 1.81 bits per heavy atom. The van der Waals surface area contributed by atoms with E-state index in [-0.39, 0.29) is 17.8 Å². The largest absolute Gasteiger partial charge is 0.497 e. The van der Waals surface area contributed by atoms with Crippen molar-refractivity contribution < 1.29 is 27.4 Å². The number of aliphatic imine (C=N–C) groups is 1. The topological polar surface area (TPSA) is 66.4 Å². The molecule has 2 aliphatic rings. The predicted molar refractivity (Wildman–Crippen MR) is 134 cm³/mol. The Morgan fingerprint density at radius 3 is 2.51 bits per heavy atom. The number of alkyl halides is 3. The van der Waals surface area contributed by atoms with Crippen LogP contribution in [0.15, 0.2) is 71.7 Å². The van der Waals surface area contributed by atoms with E-state index < -0.39 is 11.7 Å². The molecule has 192 valence electrons. The van der Waals surface area contributed by atoms with Gasteiger partial charge in [0.25, 0.3) is 0 Å². The van der Waals surface area contributed by atoms with Gasteiger partial charge in [-0.2, -0.15) is 13.2 Å². The molecule has 0 radical (unpaired) electrons. The maximum Gasteiger partial charge on any atom is 0.416 e. The van der Waals surface area contributed by atoms with Crippen LogP contribution >= 0.6 is 0 Å². The van der Waals surface area contributed by atoms with Gasteiger partial charge < -0.3 is 24.6 Å². The Balaban J connectivity index is 1.38. The fourth-order valence-electron chi connectivity index (χ4n) is 4.46. The van der Waals surface area contributed by atoms with E-state index in [4.69, 9.17) is 14.5 Å². The van der Waals surface area contributed by atoms with Crippen molar-refractivity contribution in [1.82, 2.24) is 9.80 Å². The predicted octanol–water partition coefficient (Wildman–Crippen LogP) is 6.14. The smallest absolute Gasteiger partial charge is 0.416 e. The number of methoxy groups -OCH3 is 1. The minimum Gasteiger partial charge on any atom is -0.497 e. The number of fused-ring (bicyclic) bond motifs is 2. The van der Waals surface area contributed by atoms with Gasteiger partial charge in [-0.3, -0.25) is 0 Å². The highest BCUT2D eigenvalue weighted by Gasteiger charge is 2.34. The van der Waals surface area contributed by atoms with Crippen LogP contribution in [0, 0.1) is 0 Å². The second kappa shape index (κ2) is 9.68. The number of benzene rings is 3. The highest BCUT2D eigenvalue weighted by molar-refractivity contribution is 6.04. The monoisotopic (exact) mass is 510 g/mol. The number of nitrogens with zero attached hydrogens (tertiary/aromatic N) is 3. The van der Waals surface area contributed by atoms with Crippen LogP contribution in [0.3, 0.4) is 0 Å². The number of amidine groups is 1. The number of hydrogen-bond donors (Lipinski definition) is 1. The van der Waals surface area contributed by atoms with Gasteiger partial charge in [0.15, 0.2) is 5.75 Å². The molecule has 2 aliphatic heterocycles. The van der Waals surface area contributed by atoms with Crippen LogP contribution < -0.4 is 14.8 Å². The van der Waals surface area contributed by atoms with Crippen molar-refractivity contribution in [2.24, 2.45) is 4.99 Å². The molecule has 37 heavy (non-hydrogen) atoms. The third-order valence-corrected chi connectivity index (χ3v) is 6.39. The summed E-state index contributed by atoms with van der Waals surface area (Å²) in [6.45, 7) is 3.36. The van der Waals surface area contributed by atoms with Crippen LogP contribution in [0.2, 0.25) is 0 Å². The maximum absolute atomic E-state index is 13.3. The first-order valence-electron chi connectivity index (χ1n) is 11.8. The SMILES string of the molecule is COc1ccc(NC(=O)N2CCN(C3=Nc4ccc(C(F)(F)F)cc4Oc4ccccc43)CC2C)cc1. The fourth-order valence-corrected chi connectivity index (χ4v) is 4.46. The number of rotatable bonds is 2. The molecule has 1 atom stereocenters. The summed E-state index contributed by atoms with van der Waals surface area (Å²) in [4.78, 5) is 21.5. The van der Waals surface area contributed by atoms with Crippen LogP contribution in [-0.4, -0.2) is 54.5 Å². The summed E-state index contributed by atoms with van der Waals surface area (Å²) in [6.07, 6.45) is -4.49. The molecule has 0 aliphatic carbocycles. The number of amides is 2. The zero-order valence-electron chi connectivity index (χ0n) is 20.2. The van der Waals surface area contributed by atoms with Crippen LogP contribution in [0.25, 0.3) is 0 Å². The number of piperazine rings is 1. The normalized spacial score (nSPS) is 17.1. The van der Waals surface area contributed by atoms with E-state index in [1.54, 1.807) is 48.4 Å². The van der Waals surface area contributed by atoms with Crippen molar-refractivity contribution >= 4 is 23.2 Å². The van der Waals surface area contributed by atoms with Crippen molar-refractivity contribution in [1.29, 1.82) is 0 Å². The molecule has 3 aromatic carbocycles. The molecule has 1 saturated heterocycles. The lowest BCUT2D eigenvalue weighted by molar-refractivity contribution is -0.137. The summed E-state index contributed by atoms with van der Waals surface area (Å²) in [5.74, 6) is 1.76. The van der Waals surface area contributed by atoms with Crippen LogP contribution in [0.5, 0.6) is 17.2 Å². The number of urea groups is 1. The summed E-state index contributed by atoms with van der Waals surface area (Å²) in [5.41, 5.74) is 0.851. The molecular formula is C27H25F3N4O3. The van der Waals surface area contributed by atoms with Crippen molar-refractivity contribution in [2.45, 2.75) is 19.1 Å². The fraction of sp³-hybridized carbons (Fsp3) is 0.259. The van der Waals surface area contributed by atoms with E-state index in [9.17, 15) is 18.0 Å². The minimum atomic E-state index is -4.49. The van der Waals surface area contributed by atoms with Gasteiger partial charge in [-0.1, -0.05) is 12.1 Å². The highest BCUT2D eigenvalue weighted by atomic mass is 19.4. The Morgan fingerprint density at radius 1 is 1.05 bits per heavy atom. The average Bonchev–Trinajstić information content (AvgIpc) is 3.05. The van der Waals surface area contributed by atoms with Gasteiger partial charge >= 0.3 is 12.2 Å². The molecular weight excluding hydrogens is 485 g/mol. The molecule has 5 rings (SSSR count). The quantitative estimate of drug-likeness (QED) is 0.450. The summed E-state index contributed by atoms with van der Waals surface area (Å²) in [7, 11) is 1.58. The molecule has 0 saturated carbocycles. The van der Waals surface area contributed by atoms with Gasteiger partial charge in [-0.15, -0.1) is 0 Å². The van der Waals surface area contributed by atoms with E-state index in [0.29, 0.717) is 53.9 Å². The molecule has 2 heterocycles. The van der Waals surface area contributed by atoms with E-state index in [0.717, 1.165) is 12.1 Å². The first-order chi connectivity index (χ1) is 17.7. The lowest BCUT2D eigenvalue weighted by Gasteiger charge is -2.41. The number of para-hydroxylation sites is 1. The van der Waals surface area contributed by atoms with Crippen molar-refractivity contribution in [3.8, 4) is 17.2 Å². The first-order valence-corrected chi connectivity index (χ1v) is 11.8. The molecule has 3 aromatic rings. The average molecular weight is 511 g/mol. The summed E-state index contributed by atoms with van der Waals surface area (Å²) in [5, 5.41) is 2.91. The van der Waals surface area contributed by atoms with Gasteiger partial charge in [0.1, 0.15) is 23.0 Å². The Bertz CT molecular complexity index is 1340. The Hall–Kier alpha value is -4.21. The van der Waals surface area contributed by atoms with Crippen molar-refractivity contribution in [2.75, 3.05) is 32.1 Å². The Labute approximate surface area is 212 Å². The second-order valence-corrected chi connectivity index (χ2v) is 8.86. The van der Waals surface area contributed by atoms with E-state index in [2.05, 4.69) is 5.32 Å².